The van der Waals surface area contributed by atoms with E-state index >= 15 is 9.59 Å². The van der Waals surface area contributed by atoms with Gasteiger partial charge in [0.2, 0.25) is 0 Å². The molecule has 0 fully saturated rings. The molecule has 0 aromatic carbocycles. The van der Waals surface area contributed by atoms with Gasteiger partial charge in [0, 0.05) is 38.0 Å². The van der Waals surface area contributed by atoms with Crippen LogP contribution in [0.25, 0.3) is 21.1 Å². The van der Waals surface area contributed by atoms with Crippen molar-refractivity contribution >= 4 is 57.2 Å². The van der Waals surface area contributed by atoms with Gasteiger partial charge in [-0.25, -0.2) is 0 Å². The first-order valence-electron chi connectivity index (χ1n) is 27.6. The molecule has 5 rings (SSSR count). The van der Waals surface area contributed by atoms with Crippen LogP contribution in [0.15, 0.2) is 47.5 Å². The molecule has 2 amide bonds. The number of unbranched alkanes of at least 4 members (excludes halogenated alkanes) is 16. The molecule has 0 radical (unpaired) electrons. The molecule has 4 nitrogen and oxygen atoms in total. The summed E-state index contributed by atoms with van der Waals surface area (Å²) >= 11 is 5.46. The Hall–Kier alpha value is -2.48. The van der Waals surface area contributed by atoms with Gasteiger partial charge in [0.1, 0.15) is 0 Å². The summed E-state index contributed by atoms with van der Waals surface area (Å²) in [7, 11) is 0. The van der Waals surface area contributed by atoms with Crippen LogP contribution < -0.4 is 0 Å². The first-order chi connectivity index (χ1) is 32.2. The number of rotatable bonds is 33. The number of hydrogen-bond acceptors (Lipinski definition) is 5. The normalized spacial score (nSPS) is 15.6. The summed E-state index contributed by atoms with van der Waals surface area (Å²) in [6, 6.07) is 13.6. The van der Waals surface area contributed by atoms with Gasteiger partial charge in [-0.1, -0.05) is 205 Å². The molecular weight excluding hydrogens is 877 g/mol. The van der Waals surface area contributed by atoms with Crippen molar-refractivity contribution in [2.75, 3.05) is 13.1 Å². The minimum Gasteiger partial charge on any atom is -0.306 e. The third-order valence-electron chi connectivity index (χ3n) is 15.3. The Morgan fingerprint density at radius 3 is 1.18 bits per heavy atom. The predicted octanol–water partition coefficient (Wildman–Crippen LogP) is 19.3. The summed E-state index contributed by atoms with van der Waals surface area (Å²) in [4.78, 5) is 43.1. The second-order valence-electron chi connectivity index (χ2n) is 22.4. The van der Waals surface area contributed by atoms with Gasteiger partial charge < -0.3 is 9.80 Å². The fraction of sp³-hybridized carbons (Fsp3) is 0.700. The average Bonchev–Trinajstić information content (AvgIpc) is 4.15. The molecule has 3 aromatic rings. The van der Waals surface area contributed by atoms with E-state index in [0.717, 1.165) is 46.8 Å². The van der Waals surface area contributed by atoms with E-state index in [4.69, 9.17) is 0 Å². The minimum atomic E-state index is -0.0275. The molecule has 2 atom stereocenters. The highest BCUT2D eigenvalue weighted by Crippen LogP contribution is 2.51. The molecule has 0 aliphatic carbocycles. The van der Waals surface area contributed by atoms with Gasteiger partial charge in [-0.05, 0) is 85.3 Å². The van der Waals surface area contributed by atoms with Crippen molar-refractivity contribution < 1.29 is 9.59 Å². The minimum absolute atomic E-state index is 0.0275. The van der Waals surface area contributed by atoms with E-state index in [1.165, 1.54) is 148 Å². The van der Waals surface area contributed by atoms with E-state index < -0.39 is 0 Å². The zero-order valence-electron chi connectivity index (χ0n) is 44.5. The first-order valence-corrected chi connectivity index (χ1v) is 30.1. The van der Waals surface area contributed by atoms with E-state index in [2.05, 4.69) is 122 Å². The molecule has 374 valence electrons. The average molecular weight is 972 g/mol. The van der Waals surface area contributed by atoms with E-state index in [9.17, 15) is 0 Å². The Kier molecular flexibility index (Phi) is 22.5. The maximum absolute atomic E-state index is 15.8. The lowest BCUT2D eigenvalue weighted by Gasteiger charge is -2.30. The van der Waals surface area contributed by atoms with Gasteiger partial charge >= 0.3 is 0 Å². The number of fused-ring (bicyclic) bond motifs is 1. The molecule has 0 bridgehead atoms. The van der Waals surface area contributed by atoms with Crippen LogP contribution in [-0.4, -0.2) is 34.7 Å². The Morgan fingerprint density at radius 2 is 0.761 bits per heavy atom. The Morgan fingerprint density at radius 1 is 0.433 bits per heavy atom. The van der Waals surface area contributed by atoms with Crippen LogP contribution in [0, 0.1) is 17.8 Å². The van der Waals surface area contributed by atoms with Crippen LogP contribution in [0.3, 0.4) is 0 Å². The topological polar surface area (TPSA) is 40.6 Å². The maximum atomic E-state index is 15.8. The first kappa shape index (κ1) is 55.4. The number of carbonyl (C=O) groups is 2. The molecular formula is C60H94N2O2S3. The molecule has 0 N–H and O–H groups in total. The smallest absolute Gasteiger partial charge is 0.261 e. The van der Waals surface area contributed by atoms with E-state index in [0.29, 0.717) is 42.0 Å². The maximum Gasteiger partial charge on any atom is 0.261 e. The molecule has 2 aliphatic rings. The predicted molar refractivity (Wildman–Crippen MR) is 296 cm³/mol. The van der Waals surface area contributed by atoms with E-state index in [1.54, 1.807) is 11.3 Å². The number of nitrogens with zero attached hydrogens (tertiary/aromatic N) is 2. The lowest BCUT2D eigenvalue weighted by atomic mass is 9.80. The van der Waals surface area contributed by atoms with Gasteiger partial charge in [-0.3, -0.25) is 9.59 Å². The Bertz CT molecular complexity index is 2030. The summed E-state index contributed by atoms with van der Waals surface area (Å²) in [5.41, 5.74) is 3.16. The quantitative estimate of drug-likeness (QED) is 0.0571. The number of thiophene rings is 3. The van der Waals surface area contributed by atoms with Crippen molar-refractivity contribution in [2.45, 2.75) is 241 Å². The van der Waals surface area contributed by atoms with Gasteiger partial charge in [-0.2, -0.15) is 0 Å². The molecule has 3 aromatic heterocycles. The van der Waals surface area contributed by atoms with Gasteiger partial charge in [0.25, 0.3) is 11.8 Å². The summed E-state index contributed by atoms with van der Waals surface area (Å²) in [6.45, 7) is 26.7. The van der Waals surface area contributed by atoms with Crippen LogP contribution >= 0.6 is 34.0 Å². The molecule has 67 heavy (non-hydrogen) atoms. The SMILES string of the molecule is CCCCCCCCC(CCCCCC)CN1C(=O)C2=C(c3ccc(C(C)(C)C(C)C)s3)N(CC(CCCCCC)CCCCCCCC)C(=O)C2=C1c1ccc(-c2ccc(C(C)(C)C)s2)s1. The van der Waals surface area contributed by atoms with Crippen LogP contribution in [0.2, 0.25) is 0 Å². The van der Waals surface area contributed by atoms with Crippen molar-refractivity contribution in [3.63, 3.8) is 0 Å². The highest BCUT2D eigenvalue weighted by molar-refractivity contribution is 7.22. The molecule has 7 heteroatoms. The summed E-state index contributed by atoms with van der Waals surface area (Å²) < 4.78 is 0. The van der Waals surface area contributed by atoms with Crippen molar-refractivity contribution in [3.8, 4) is 9.75 Å². The van der Waals surface area contributed by atoms with Crippen LogP contribution in [0.1, 0.15) is 250 Å². The van der Waals surface area contributed by atoms with Crippen molar-refractivity contribution in [2.24, 2.45) is 17.8 Å². The largest absolute Gasteiger partial charge is 0.306 e. The monoisotopic (exact) mass is 971 g/mol. The molecule has 0 saturated carbocycles. The van der Waals surface area contributed by atoms with Crippen molar-refractivity contribution in [1.82, 2.24) is 9.80 Å². The van der Waals surface area contributed by atoms with Gasteiger partial charge in [-0.15, -0.1) is 34.0 Å². The second-order valence-corrected chi connectivity index (χ2v) is 25.7. The van der Waals surface area contributed by atoms with Crippen LogP contribution in [-0.2, 0) is 20.4 Å². The Balaban J connectivity index is 1.64. The zero-order chi connectivity index (χ0) is 48.6. The van der Waals surface area contributed by atoms with Crippen molar-refractivity contribution in [3.05, 3.63) is 67.1 Å². The summed E-state index contributed by atoms with van der Waals surface area (Å²) in [5, 5.41) is 0. The standard InChI is InChI=1S/C60H94N2O2S3/c1-12-16-20-24-26-30-34-45(32-28-22-18-14-3)42-61-55(49-37-36-47(65-49)48-38-40-51(66-48)59(7,8)9)53-54(58(61)64)56(50-39-41-52(67-50)60(10,11)44(5)6)62(57(53)63)43-46(33-29-23-19-15-4)35-31-27-25-21-17-13-2/h36-41,44-46H,12-35,42-43H2,1-11H3. The lowest BCUT2D eigenvalue weighted by Crippen LogP contribution is -2.34. The summed E-state index contributed by atoms with van der Waals surface area (Å²) in [6.07, 6.45) is 29.7. The third kappa shape index (κ3) is 15.0. The van der Waals surface area contributed by atoms with Crippen LogP contribution in [0.4, 0.5) is 0 Å². The highest BCUT2D eigenvalue weighted by atomic mass is 32.1. The third-order valence-corrected chi connectivity index (χ3v) is 19.5. The fourth-order valence-corrected chi connectivity index (χ4v) is 13.7. The highest BCUT2D eigenvalue weighted by Gasteiger charge is 2.50. The van der Waals surface area contributed by atoms with Gasteiger partial charge in [0.15, 0.2) is 0 Å². The lowest BCUT2D eigenvalue weighted by molar-refractivity contribution is -0.124. The molecule has 2 aliphatic heterocycles. The molecule has 5 heterocycles. The van der Waals surface area contributed by atoms with Crippen LogP contribution in [0.5, 0.6) is 0 Å². The Labute approximate surface area is 422 Å². The molecule has 0 spiro atoms. The van der Waals surface area contributed by atoms with Crippen molar-refractivity contribution in [1.29, 1.82) is 0 Å². The number of carbonyl (C=O) groups excluding carboxylic acids is 2. The number of amides is 2. The zero-order valence-corrected chi connectivity index (χ0v) is 47.0. The molecule has 2 unspecified atom stereocenters. The molecule has 0 saturated heterocycles. The second kappa shape index (κ2) is 27.2. The number of hydrogen-bond donors (Lipinski definition) is 0. The fourth-order valence-electron chi connectivity index (χ4n) is 10.1. The summed E-state index contributed by atoms with van der Waals surface area (Å²) in [5.74, 6) is 1.34. The van der Waals surface area contributed by atoms with E-state index in [1.807, 2.05) is 22.7 Å². The van der Waals surface area contributed by atoms with E-state index in [-0.39, 0.29) is 22.6 Å². The van der Waals surface area contributed by atoms with Gasteiger partial charge in [0.05, 0.1) is 32.3 Å².